The summed E-state index contributed by atoms with van der Waals surface area (Å²) in [5.41, 5.74) is 0.802. The summed E-state index contributed by atoms with van der Waals surface area (Å²) >= 11 is 3.23. The van der Waals surface area contributed by atoms with Gasteiger partial charge in [-0.05, 0) is 65.5 Å². The van der Waals surface area contributed by atoms with E-state index in [0.29, 0.717) is 23.1 Å². The molecule has 1 N–H and O–H groups in total. The Labute approximate surface area is 168 Å². The quantitative estimate of drug-likeness (QED) is 0.718. The fourth-order valence-electron chi connectivity index (χ4n) is 3.06. The van der Waals surface area contributed by atoms with Crippen LogP contribution in [0.15, 0.2) is 56.7 Å². The van der Waals surface area contributed by atoms with Crippen LogP contribution in [-0.4, -0.2) is 34.2 Å². The van der Waals surface area contributed by atoms with E-state index in [1.54, 1.807) is 37.3 Å². The summed E-state index contributed by atoms with van der Waals surface area (Å²) in [6.07, 6.45) is 2.70. The minimum atomic E-state index is -3.85. The lowest BCUT2D eigenvalue weighted by Gasteiger charge is -2.26. The Kier molecular flexibility index (Phi) is 5.95. The van der Waals surface area contributed by atoms with Gasteiger partial charge >= 0.3 is 0 Å². The van der Waals surface area contributed by atoms with Crippen molar-refractivity contribution in [3.8, 4) is 0 Å². The molecular weight excluding hydrogens is 452 g/mol. The minimum Gasteiger partial charge on any atom is -0.280 e. The molecule has 0 amide bonds. The highest BCUT2D eigenvalue weighted by Gasteiger charge is 2.28. The van der Waals surface area contributed by atoms with Crippen molar-refractivity contribution >= 4 is 41.7 Å². The van der Waals surface area contributed by atoms with Gasteiger partial charge < -0.3 is 0 Å². The lowest BCUT2D eigenvalue weighted by Crippen LogP contribution is -2.36. The lowest BCUT2D eigenvalue weighted by molar-refractivity contribution is 0.346. The van der Waals surface area contributed by atoms with Crippen LogP contribution in [0.1, 0.15) is 24.8 Å². The Bertz CT molecular complexity index is 1050. The molecule has 0 aromatic heterocycles. The van der Waals surface area contributed by atoms with Crippen LogP contribution in [0.2, 0.25) is 0 Å². The maximum Gasteiger partial charge on any atom is 0.263 e. The third-order valence-corrected chi connectivity index (χ3v) is 8.93. The highest BCUT2D eigenvalue weighted by molar-refractivity contribution is 9.10. The monoisotopic (exact) mass is 472 g/mol. The van der Waals surface area contributed by atoms with Crippen LogP contribution in [-0.2, 0) is 20.0 Å². The van der Waals surface area contributed by atoms with Crippen LogP contribution >= 0.6 is 15.9 Å². The molecule has 1 aliphatic heterocycles. The van der Waals surface area contributed by atoms with E-state index in [9.17, 15) is 16.8 Å². The SMILES string of the molecule is Cc1ccc(NS(=O)(=O)c2ccccc2Br)cc1S(=O)(=O)N1CCCCC1. The molecule has 0 atom stereocenters. The van der Waals surface area contributed by atoms with Crippen LogP contribution in [0.3, 0.4) is 0 Å². The molecule has 2 aromatic rings. The van der Waals surface area contributed by atoms with E-state index in [4.69, 9.17) is 0 Å². The normalized spacial score (nSPS) is 16.2. The highest BCUT2D eigenvalue weighted by atomic mass is 79.9. The fourth-order valence-corrected chi connectivity index (χ4v) is 6.88. The maximum atomic E-state index is 13.0. The standard InChI is InChI=1S/C18H21BrN2O4S2/c1-14-9-10-15(20-26(22,23)17-8-4-3-7-16(17)19)13-18(14)27(24,25)21-11-5-2-6-12-21/h3-4,7-10,13,20H,2,5-6,11-12H2,1H3. The third kappa shape index (κ3) is 4.37. The number of rotatable bonds is 5. The van der Waals surface area contributed by atoms with Gasteiger partial charge in [-0.25, -0.2) is 16.8 Å². The van der Waals surface area contributed by atoms with Crippen molar-refractivity contribution in [3.63, 3.8) is 0 Å². The summed E-state index contributed by atoms with van der Waals surface area (Å²) in [6.45, 7) is 2.70. The van der Waals surface area contributed by atoms with Crippen molar-refractivity contribution < 1.29 is 16.8 Å². The molecule has 2 aromatic carbocycles. The Morgan fingerprint density at radius 1 is 0.926 bits per heavy atom. The largest absolute Gasteiger partial charge is 0.280 e. The molecule has 0 bridgehead atoms. The van der Waals surface area contributed by atoms with E-state index in [2.05, 4.69) is 20.7 Å². The van der Waals surface area contributed by atoms with Crippen LogP contribution in [0, 0.1) is 6.92 Å². The predicted octanol–water partition coefficient (Wildman–Crippen LogP) is 3.73. The molecule has 9 heteroatoms. The summed E-state index contributed by atoms with van der Waals surface area (Å²) in [6, 6.07) is 11.0. The highest BCUT2D eigenvalue weighted by Crippen LogP contribution is 2.28. The summed E-state index contributed by atoms with van der Waals surface area (Å²) in [4.78, 5) is 0.225. The van der Waals surface area contributed by atoms with E-state index in [1.165, 1.54) is 16.4 Å². The van der Waals surface area contributed by atoms with Gasteiger partial charge in [-0.3, -0.25) is 4.72 Å². The topological polar surface area (TPSA) is 83.5 Å². The predicted molar refractivity (Wildman–Crippen MR) is 109 cm³/mol. The Morgan fingerprint density at radius 3 is 2.26 bits per heavy atom. The Balaban J connectivity index is 1.95. The first-order chi connectivity index (χ1) is 12.7. The first-order valence-corrected chi connectivity index (χ1v) is 12.3. The number of hydrogen-bond acceptors (Lipinski definition) is 4. The first kappa shape index (κ1) is 20.3. The van der Waals surface area contributed by atoms with Gasteiger partial charge in [-0.1, -0.05) is 24.6 Å². The molecule has 1 aliphatic rings. The van der Waals surface area contributed by atoms with Gasteiger partial charge in [0, 0.05) is 17.6 Å². The van der Waals surface area contributed by atoms with E-state index < -0.39 is 20.0 Å². The Morgan fingerprint density at radius 2 is 1.59 bits per heavy atom. The van der Waals surface area contributed by atoms with E-state index >= 15 is 0 Å². The molecule has 3 rings (SSSR count). The lowest BCUT2D eigenvalue weighted by atomic mass is 10.2. The molecule has 146 valence electrons. The van der Waals surface area contributed by atoms with Crippen LogP contribution in [0.25, 0.3) is 0 Å². The number of nitrogens with zero attached hydrogens (tertiary/aromatic N) is 1. The van der Waals surface area contributed by atoms with Crippen molar-refractivity contribution in [3.05, 3.63) is 52.5 Å². The second-order valence-corrected chi connectivity index (χ2v) is 10.9. The van der Waals surface area contributed by atoms with E-state index in [1.807, 2.05) is 0 Å². The molecule has 27 heavy (non-hydrogen) atoms. The molecule has 1 heterocycles. The second-order valence-electron chi connectivity index (χ2n) is 6.48. The Hall–Kier alpha value is -1.42. The van der Waals surface area contributed by atoms with E-state index in [-0.39, 0.29) is 15.5 Å². The average molecular weight is 473 g/mol. The molecule has 1 saturated heterocycles. The van der Waals surface area contributed by atoms with Crippen LogP contribution in [0.5, 0.6) is 0 Å². The maximum absolute atomic E-state index is 13.0. The van der Waals surface area contributed by atoms with Gasteiger partial charge in [-0.15, -0.1) is 0 Å². The van der Waals surface area contributed by atoms with Crippen molar-refractivity contribution in [1.82, 2.24) is 4.31 Å². The van der Waals surface area contributed by atoms with Crippen molar-refractivity contribution in [2.45, 2.75) is 36.0 Å². The van der Waals surface area contributed by atoms with Gasteiger partial charge in [-0.2, -0.15) is 4.31 Å². The van der Waals surface area contributed by atoms with Crippen molar-refractivity contribution in [2.24, 2.45) is 0 Å². The van der Waals surface area contributed by atoms with Gasteiger partial charge in [0.05, 0.1) is 10.6 Å². The molecular formula is C18H21BrN2O4S2. The smallest absolute Gasteiger partial charge is 0.263 e. The molecule has 0 radical (unpaired) electrons. The molecule has 1 fully saturated rings. The number of nitrogens with one attached hydrogen (secondary N) is 1. The zero-order valence-electron chi connectivity index (χ0n) is 14.9. The molecule has 0 aliphatic carbocycles. The summed E-state index contributed by atoms with van der Waals surface area (Å²) in [5, 5.41) is 0. The minimum absolute atomic E-state index is 0.0889. The van der Waals surface area contributed by atoms with Crippen molar-refractivity contribution in [2.75, 3.05) is 17.8 Å². The molecule has 6 nitrogen and oxygen atoms in total. The molecule has 0 saturated carbocycles. The molecule has 0 unspecified atom stereocenters. The summed E-state index contributed by atoms with van der Waals surface area (Å²) in [5.74, 6) is 0. The van der Waals surface area contributed by atoms with Gasteiger partial charge in [0.15, 0.2) is 0 Å². The zero-order chi connectivity index (χ0) is 19.7. The molecule has 0 spiro atoms. The first-order valence-electron chi connectivity index (χ1n) is 8.60. The fraction of sp³-hybridized carbons (Fsp3) is 0.333. The zero-order valence-corrected chi connectivity index (χ0v) is 18.1. The summed E-state index contributed by atoms with van der Waals surface area (Å²) < 4.78 is 55.7. The van der Waals surface area contributed by atoms with Gasteiger partial charge in [0.2, 0.25) is 10.0 Å². The van der Waals surface area contributed by atoms with Gasteiger partial charge in [0.1, 0.15) is 4.90 Å². The average Bonchev–Trinajstić information content (AvgIpc) is 2.64. The van der Waals surface area contributed by atoms with E-state index in [0.717, 1.165) is 19.3 Å². The number of anilines is 1. The number of benzene rings is 2. The third-order valence-electron chi connectivity index (χ3n) is 4.50. The number of halogens is 1. The number of sulfonamides is 2. The number of aryl methyl sites for hydroxylation is 1. The second kappa shape index (κ2) is 7.90. The number of hydrogen-bond donors (Lipinski definition) is 1. The van der Waals surface area contributed by atoms with Crippen molar-refractivity contribution in [1.29, 1.82) is 0 Å². The number of piperidine rings is 1. The van der Waals surface area contributed by atoms with Gasteiger partial charge in [0.25, 0.3) is 10.0 Å². The van der Waals surface area contributed by atoms with Crippen LogP contribution in [0.4, 0.5) is 5.69 Å². The van der Waals surface area contributed by atoms with Crippen LogP contribution < -0.4 is 4.72 Å². The summed E-state index contributed by atoms with van der Waals surface area (Å²) in [7, 11) is -7.50.